The third-order valence-corrected chi connectivity index (χ3v) is 17.1. The first-order chi connectivity index (χ1) is 33.7. The maximum Gasteiger partial charge on any atom is 0.207 e. The fraction of sp³-hybridized carbons (Fsp3) is 0.500. The van der Waals surface area contributed by atoms with Crippen molar-refractivity contribution in [3.05, 3.63) is 152 Å². The average molecular weight is 1030 g/mol. The van der Waals surface area contributed by atoms with Crippen LogP contribution in [0.1, 0.15) is 233 Å². The van der Waals surface area contributed by atoms with Gasteiger partial charge in [-0.15, -0.1) is 0 Å². The van der Waals surface area contributed by atoms with Crippen molar-refractivity contribution in [1.82, 2.24) is 0 Å². The van der Waals surface area contributed by atoms with E-state index in [-0.39, 0.29) is 26.6 Å². The number of benzene rings is 6. The van der Waals surface area contributed by atoms with Gasteiger partial charge in [-0.05, 0) is 167 Å². The van der Waals surface area contributed by atoms with Gasteiger partial charge in [0.05, 0.1) is 9.79 Å². The first-order valence-electron chi connectivity index (χ1n) is 27.8. The van der Waals surface area contributed by atoms with Crippen LogP contribution in [0.4, 0.5) is 0 Å². The summed E-state index contributed by atoms with van der Waals surface area (Å²) in [6, 6.07) is 30.9. The van der Waals surface area contributed by atoms with Gasteiger partial charge in [0.25, 0.3) is 0 Å². The highest BCUT2D eigenvalue weighted by Gasteiger charge is 2.42. The maximum atomic E-state index is 17.6. The van der Waals surface area contributed by atoms with Gasteiger partial charge in [-0.1, -0.05) is 255 Å². The zero-order chi connectivity index (χ0) is 57.1. The average Bonchev–Trinajstić information content (AvgIpc) is 3.22. The molecular formula is C72H98O2S. The molecule has 2 nitrogen and oxygen atoms in total. The molecule has 0 heterocycles. The normalized spacial score (nSPS) is 13.7. The molecule has 75 heavy (non-hydrogen) atoms. The molecule has 6 aromatic rings. The molecule has 0 amide bonds. The Balaban J connectivity index is 2.37. The van der Waals surface area contributed by atoms with Crippen LogP contribution in [0, 0.1) is 27.7 Å². The van der Waals surface area contributed by atoms with Crippen LogP contribution in [-0.2, 0) is 53.2 Å². The second-order valence-corrected chi connectivity index (χ2v) is 32.7. The summed E-state index contributed by atoms with van der Waals surface area (Å²) in [6.07, 6.45) is 0. The molecule has 0 N–H and O–H groups in total. The second kappa shape index (κ2) is 19.3. The molecule has 0 spiro atoms. The Morgan fingerprint density at radius 2 is 0.467 bits per heavy atom. The molecule has 0 radical (unpaired) electrons. The first-order valence-corrected chi connectivity index (χ1v) is 29.3. The summed E-state index contributed by atoms with van der Waals surface area (Å²) in [4.78, 5) is 0.660. The molecule has 6 rings (SSSR count). The van der Waals surface area contributed by atoms with Crippen molar-refractivity contribution in [2.45, 2.75) is 247 Å². The molecule has 0 saturated carbocycles. The Morgan fingerprint density at radius 3 is 0.667 bits per heavy atom. The fourth-order valence-electron chi connectivity index (χ4n) is 11.5. The van der Waals surface area contributed by atoms with E-state index in [1.807, 2.05) is 30.3 Å². The summed E-state index contributed by atoms with van der Waals surface area (Å²) in [6.45, 7) is 64.4. The summed E-state index contributed by atoms with van der Waals surface area (Å²) < 4.78 is 35.2. The minimum absolute atomic E-state index is 0.283. The molecule has 0 aliphatic rings. The van der Waals surface area contributed by atoms with E-state index < -0.39 is 31.5 Å². The Kier molecular flexibility index (Phi) is 15.3. The van der Waals surface area contributed by atoms with Crippen LogP contribution in [0.25, 0.3) is 44.5 Å². The Morgan fingerprint density at radius 1 is 0.267 bits per heavy atom. The van der Waals surface area contributed by atoms with Crippen molar-refractivity contribution < 1.29 is 8.42 Å². The monoisotopic (exact) mass is 1030 g/mol. The largest absolute Gasteiger partial charge is 0.218 e. The zero-order valence-corrected chi connectivity index (χ0v) is 53.1. The van der Waals surface area contributed by atoms with Crippen molar-refractivity contribution in [3.63, 3.8) is 0 Å². The molecule has 0 aliphatic heterocycles. The highest BCUT2D eigenvalue weighted by atomic mass is 32.2. The van der Waals surface area contributed by atoms with Gasteiger partial charge in [-0.25, -0.2) is 8.42 Å². The summed E-state index contributed by atoms with van der Waals surface area (Å²) in [5.41, 5.74) is 18.9. The summed E-state index contributed by atoms with van der Waals surface area (Å²) in [5, 5.41) is 0. The van der Waals surface area contributed by atoms with Crippen LogP contribution >= 0.6 is 0 Å². The molecule has 0 aliphatic carbocycles. The van der Waals surface area contributed by atoms with Gasteiger partial charge < -0.3 is 0 Å². The summed E-state index contributed by atoms with van der Waals surface area (Å²) in [5.74, 6) is 0. The van der Waals surface area contributed by atoms with Crippen molar-refractivity contribution in [1.29, 1.82) is 0 Å². The fourth-order valence-corrected chi connectivity index (χ4v) is 13.2. The minimum atomic E-state index is -4.44. The lowest BCUT2D eigenvalue weighted by atomic mass is 9.66. The van der Waals surface area contributed by atoms with E-state index in [2.05, 4.69) is 248 Å². The molecule has 0 saturated heterocycles. The van der Waals surface area contributed by atoms with Gasteiger partial charge in [-0.3, -0.25) is 0 Å². The molecular weight excluding hydrogens is 929 g/mol. The minimum Gasteiger partial charge on any atom is -0.218 e. The summed E-state index contributed by atoms with van der Waals surface area (Å²) in [7, 11) is -4.44. The van der Waals surface area contributed by atoms with Gasteiger partial charge in [0.15, 0.2) is 0 Å². The first kappa shape index (κ1) is 59.5. The van der Waals surface area contributed by atoms with Gasteiger partial charge in [-0.2, -0.15) is 0 Å². The van der Waals surface area contributed by atoms with E-state index in [1.165, 1.54) is 33.4 Å². The third-order valence-electron chi connectivity index (χ3n) is 15.2. The second-order valence-electron chi connectivity index (χ2n) is 30.8. The van der Waals surface area contributed by atoms with Crippen LogP contribution in [-0.4, -0.2) is 8.42 Å². The number of hydrogen-bond donors (Lipinski definition) is 0. The van der Waals surface area contributed by atoms with Crippen molar-refractivity contribution in [3.8, 4) is 44.5 Å². The van der Waals surface area contributed by atoms with Crippen molar-refractivity contribution in [2.75, 3.05) is 0 Å². The Hall–Kier alpha value is -4.73. The highest BCUT2D eigenvalue weighted by molar-refractivity contribution is 7.91. The van der Waals surface area contributed by atoms with Crippen LogP contribution < -0.4 is 0 Å². The number of rotatable bonds is 6. The molecule has 3 heteroatoms. The van der Waals surface area contributed by atoms with E-state index in [0.29, 0.717) is 4.90 Å². The predicted octanol–water partition coefficient (Wildman–Crippen LogP) is 20.8. The van der Waals surface area contributed by atoms with Crippen LogP contribution in [0.5, 0.6) is 0 Å². The van der Waals surface area contributed by atoms with E-state index in [9.17, 15) is 0 Å². The Bertz CT molecular complexity index is 2950. The number of aryl methyl sites for hydroxylation is 4. The third kappa shape index (κ3) is 11.8. The molecule has 0 atom stereocenters. The predicted molar refractivity (Wildman–Crippen MR) is 329 cm³/mol. The van der Waals surface area contributed by atoms with Gasteiger partial charge >= 0.3 is 0 Å². The lowest BCUT2D eigenvalue weighted by Crippen LogP contribution is -2.25. The van der Waals surface area contributed by atoms with E-state index in [1.54, 1.807) is 0 Å². The van der Waals surface area contributed by atoms with Crippen molar-refractivity contribution >= 4 is 9.84 Å². The highest BCUT2D eigenvalue weighted by Crippen LogP contribution is 2.59. The molecule has 6 aromatic carbocycles. The lowest BCUT2D eigenvalue weighted by molar-refractivity contribution is 0.567. The van der Waals surface area contributed by atoms with E-state index in [0.717, 1.165) is 77.9 Å². The standard InChI is InChI=1S/C72H98O2S/c1-43-34-50(65(5,6)7)58(51(35-43)66(8,9)10)48-42-49(59-52(67(11,12)13)36-44(2)37-53(59)68(14,15)16)61(63-56(71(23,24)25)40-46(4)41-57(63)72(26,27)28)64(75(73,74)47-32-30-29-31-33-47)60(48)62-54(69(17,18)19)38-45(3)39-55(62)70(20,21)22/h29-42H,1-28H3. The van der Waals surface area contributed by atoms with E-state index in [4.69, 9.17) is 0 Å². The van der Waals surface area contributed by atoms with E-state index >= 15 is 8.42 Å². The lowest BCUT2D eigenvalue weighted by Gasteiger charge is -2.39. The molecule has 404 valence electrons. The van der Waals surface area contributed by atoms with Gasteiger partial charge in [0.2, 0.25) is 9.84 Å². The van der Waals surface area contributed by atoms with Crippen LogP contribution in [0.15, 0.2) is 94.7 Å². The molecule has 0 fully saturated rings. The maximum absolute atomic E-state index is 17.6. The zero-order valence-electron chi connectivity index (χ0n) is 52.3. The quantitative estimate of drug-likeness (QED) is 0.167. The molecule has 0 aromatic heterocycles. The molecule has 0 unspecified atom stereocenters. The van der Waals surface area contributed by atoms with Crippen LogP contribution in [0.2, 0.25) is 0 Å². The Labute approximate surface area is 458 Å². The number of hydrogen-bond acceptors (Lipinski definition) is 2. The van der Waals surface area contributed by atoms with Crippen molar-refractivity contribution in [2.24, 2.45) is 0 Å². The summed E-state index contributed by atoms with van der Waals surface area (Å²) >= 11 is 0. The van der Waals surface area contributed by atoms with Gasteiger partial charge in [0, 0.05) is 11.1 Å². The topological polar surface area (TPSA) is 34.1 Å². The molecule has 0 bridgehead atoms. The smallest absolute Gasteiger partial charge is 0.207 e. The number of sulfone groups is 1. The van der Waals surface area contributed by atoms with Crippen LogP contribution in [0.3, 0.4) is 0 Å². The van der Waals surface area contributed by atoms with Gasteiger partial charge in [0.1, 0.15) is 0 Å². The SMILES string of the molecule is Cc1cc(C(C)(C)C)c(-c2cc(-c3c(C(C)(C)C)cc(C)cc3C(C)(C)C)c(-c3c(C(C)(C)C)cc(C)cc3C(C)(C)C)c(S(=O)(=O)c3ccccc3)c2-c2c(C(C)(C)C)cc(C)cc2C(C)(C)C)c(C(C)(C)C)c1.